The SMILES string of the molecule is CCC(O)CNc1nccc(C(F)(F)F)n1. The fourth-order valence-electron chi connectivity index (χ4n) is 0.955. The molecule has 1 rings (SSSR count). The highest BCUT2D eigenvalue weighted by atomic mass is 19.4. The number of rotatable bonds is 4. The van der Waals surface area contributed by atoms with Gasteiger partial charge in [0.2, 0.25) is 5.95 Å². The van der Waals surface area contributed by atoms with Gasteiger partial charge in [0.25, 0.3) is 0 Å². The monoisotopic (exact) mass is 235 g/mol. The van der Waals surface area contributed by atoms with Gasteiger partial charge in [-0.05, 0) is 12.5 Å². The van der Waals surface area contributed by atoms with Crippen LogP contribution in [0.3, 0.4) is 0 Å². The summed E-state index contributed by atoms with van der Waals surface area (Å²) in [4.78, 5) is 6.92. The van der Waals surface area contributed by atoms with Gasteiger partial charge < -0.3 is 10.4 Å². The number of anilines is 1. The summed E-state index contributed by atoms with van der Waals surface area (Å²) in [6.45, 7) is 1.89. The lowest BCUT2D eigenvalue weighted by Crippen LogP contribution is -2.20. The maximum absolute atomic E-state index is 12.3. The summed E-state index contributed by atoms with van der Waals surface area (Å²) in [7, 11) is 0. The van der Waals surface area contributed by atoms with Gasteiger partial charge >= 0.3 is 6.18 Å². The van der Waals surface area contributed by atoms with E-state index in [-0.39, 0.29) is 12.5 Å². The van der Waals surface area contributed by atoms with E-state index in [1.807, 2.05) is 0 Å². The maximum atomic E-state index is 12.3. The van der Waals surface area contributed by atoms with Crippen LogP contribution in [-0.4, -0.2) is 27.7 Å². The molecule has 1 atom stereocenters. The molecule has 0 aliphatic heterocycles. The highest BCUT2D eigenvalue weighted by molar-refractivity contribution is 5.26. The van der Waals surface area contributed by atoms with Crippen LogP contribution in [0, 0.1) is 0 Å². The molecule has 4 nitrogen and oxygen atoms in total. The van der Waals surface area contributed by atoms with Crippen molar-refractivity contribution in [2.75, 3.05) is 11.9 Å². The Morgan fingerprint density at radius 3 is 2.75 bits per heavy atom. The van der Waals surface area contributed by atoms with Gasteiger partial charge in [-0.3, -0.25) is 0 Å². The average Bonchev–Trinajstić information content (AvgIpc) is 2.25. The van der Waals surface area contributed by atoms with E-state index in [4.69, 9.17) is 0 Å². The first-order chi connectivity index (χ1) is 7.43. The molecule has 0 aromatic carbocycles. The zero-order valence-corrected chi connectivity index (χ0v) is 8.62. The van der Waals surface area contributed by atoms with Crippen molar-refractivity contribution in [3.63, 3.8) is 0 Å². The van der Waals surface area contributed by atoms with Crippen molar-refractivity contribution in [1.82, 2.24) is 9.97 Å². The molecule has 0 fully saturated rings. The second-order valence-electron chi connectivity index (χ2n) is 3.21. The van der Waals surface area contributed by atoms with Crippen molar-refractivity contribution in [2.24, 2.45) is 0 Å². The number of nitrogens with zero attached hydrogens (tertiary/aromatic N) is 2. The van der Waals surface area contributed by atoms with Crippen molar-refractivity contribution in [3.05, 3.63) is 18.0 Å². The summed E-state index contributed by atoms with van der Waals surface area (Å²) in [6, 6.07) is 0.793. The third-order valence-corrected chi connectivity index (χ3v) is 1.91. The van der Waals surface area contributed by atoms with Gasteiger partial charge in [0.05, 0.1) is 6.10 Å². The summed E-state index contributed by atoms with van der Waals surface area (Å²) < 4.78 is 36.8. The fraction of sp³-hybridized carbons (Fsp3) is 0.556. The lowest BCUT2D eigenvalue weighted by Gasteiger charge is -2.10. The van der Waals surface area contributed by atoms with E-state index >= 15 is 0 Å². The van der Waals surface area contributed by atoms with E-state index in [0.717, 1.165) is 12.3 Å². The first-order valence-corrected chi connectivity index (χ1v) is 4.75. The number of nitrogens with one attached hydrogen (secondary N) is 1. The molecular weight excluding hydrogens is 223 g/mol. The number of hydrogen-bond donors (Lipinski definition) is 2. The van der Waals surface area contributed by atoms with Crippen molar-refractivity contribution >= 4 is 5.95 Å². The topological polar surface area (TPSA) is 58.0 Å². The van der Waals surface area contributed by atoms with Crippen LogP contribution in [-0.2, 0) is 6.18 Å². The van der Waals surface area contributed by atoms with Gasteiger partial charge in [0.15, 0.2) is 0 Å². The zero-order chi connectivity index (χ0) is 12.2. The van der Waals surface area contributed by atoms with Gasteiger partial charge in [0.1, 0.15) is 5.69 Å². The highest BCUT2D eigenvalue weighted by Crippen LogP contribution is 2.27. The Labute approximate surface area is 90.5 Å². The molecule has 0 saturated heterocycles. The third-order valence-electron chi connectivity index (χ3n) is 1.91. The molecule has 16 heavy (non-hydrogen) atoms. The number of aliphatic hydroxyl groups excluding tert-OH is 1. The second kappa shape index (κ2) is 5.11. The molecule has 1 aromatic heterocycles. The lowest BCUT2D eigenvalue weighted by molar-refractivity contribution is -0.141. The van der Waals surface area contributed by atoms with E-state index in [1.54, 1.807) is 6.92 Å². The average molecular weight is 235 g/mol. The van der Waals surface area contributed by atoms with Crippen LogP contribution >= 0.6 is 0 Å². The predicted octanol–water partition coefficient (Wildman–Crippen LogP) is 1.68. The Morgan fingerprint density at radius 1 is 1.50 bits per heavy atom. The number of hydrogen-bond acceptors (Lipinski definition) is 4. The number of alkyl halides is 3. The van der Waals surface area contributed by atoms with Crippen LogP contribution in [0.1, 0.15) is 19.0 Å². The van der Waals surface area contributed by atoms with Crippen LogP contribution in [0.25, 0.3) is 0 Å². The molecule has 0 aliphatic rings. The Kier molecular flexibility index (Phi) is 4.05. The van der Waals surface area contributed by atoms with E-state index in [9.17, 15) is 18.3 Å². The van der Waals surface area contributed by atoms with Crippen LogP contribution in [0.2, 0.25) is 0 Å². The summed E-state index contributed by atoms with van der Waals surface area (Å²) in [6.07, 6.45) is -3.58. The molecule has 0 saturated carbocycles. The van der Waals surface area contributed by atoms with Gasteiger partial charge in [-0.1, -0.05) is 6.92 Å². The quantitative estimate of drug-likeness (QED) is 0.833. The fourth-order valence-corrected chi connectivity index (χ4v) is 0.955. The van der Waals surface area contributed by atoms with Crippen LogP contribution in [0.4, 0.5) is 19.1 Å². The van der Waals surface area contributed by atoms with Gasteiger partial charge in [-0.15, -0.1) is 0 Å². The number of aromatic nitrogens is 2. The first-order valence-electron chi connectivity index (χ1n) is 4.75. The molecule has 1 unspecified atom stereocenters. The molecule has 2 N–H and O–H groups in total. The van der Waals surface area contributed by atoms with Gasteiger partial charge in [-0.25, -0.2) is 9.97 Å². The standard InChI is InChI=1S/C9H12F3N3O/c1-2-6(16)5-14-8-13-4-3-7(15-8)9(10,11)12/h3-4,6,16H,2,5H2,1H3,(H,13,14,15). The number of halogens is 3. The molecule has 0 amide bonds. The van der Waals surface area contributed by atoms with Crippen LogP contribution < -0.4 is 5.32 Å². The normalized spacial score (nSPS) is 13.6. The molecule has 7 heteroatoms. The summed E-state index contributed by atoms with van der Waals surface area (Å²) in [5.74, 6) is -0.137. The maximum Gasteiger partial charge on any atom is 0.433 e. The molecule has 1 heterocycles. The predicted molar refractivity (Wildman–Crippen MR) is 51.8 cm³/mol. The van der Waals surface area contributed by atoms with Crippen molar-refractivity contribution < 1.29 is 18.3 Å². The lowest BCUT2D eigenvalue weighted by atomic mass is 10.3. The molecule has 90 valence electrons. The third kappa shape index (κ3) is 3.65. The summed E-state index contributed by atoms with van der Waals surface area (Å²) >= 11 is 0. The molecule has 0 aliphatic carbocycles. The Balaban J connectivity index is 2.68. The zero-order valence-electron chi connectivity index (χ0n) is 8.62. The molecular formula is C9H12F3N3O. The highest BCUT2D eigenvalue weighted by Gasteiger charge is 2.32. The van der Waals surface area contributed by atoms with E-state index in [0.29, 0.717) is 6.42 Å². The smallest absolute Gasteiger partial charge is 0.391 e. The number of aliphatic hydroxyl groups is 1. The van der Waals surface area contributed by atoms with Crippen LogP contribution in [0.5, 0.6) is 0 Å². The first kappa shape index (κ1) is 12.7. The minimum atomic E-state index is -4.48. The summed E-state index contributed by atoms with van der Waals surface area (Å²) in [5.41, 5.74) is -1.00. The Morgan fingerprint density at radius 2 is 2.19 bits per heavy atom. The van der Waals surface area contributed by atoms with E-state index in [2.05, 4.69) is 15.3 Å². The van der Waals surface area contributed by atoms with Crippen molar-refractivity contribution in [2.45, 2.75) is 25.6 Å². The molecule has 0 radical (unpaired) electrons. The van der Waals surface area contributed by atoms with Gasteiger partial charge in [0, 0.05) is 12.7 Å². The minimum Gasteiger partial charge on any atom is -0.391 e. The molecule has 0 bridgehead atoms. The second-order valence-corrected chi connectivity index (χ2v) is 3.21. The van der Waals surface area contributed by atoms with Gasteiger partial charge in [-0.2, -0.15) is 13.2 Å². The van der Waals surface area contributed by atoms with E-state index in [1.165, 1.54) is 0 Å². The Bertz CT molecular complexity index is 343. The van der Waals surface area contributed by atoms with Crippen molar-refractivity contribution in [3.8, 4) is 0 Å². The summed E-state index contributed by atoms with van der Waals surface area (Å²) in [5, 5.41) is 11.7. The minimum absolute atomic E-state index is 0.123. The molecule has 1 aromatic rings. The molecule has 0 spiro atoms. The van der Waals surface area contributed by atoms with Crippen molar-refractivity contribution in [1.29, 1.82) is 0 Å². The Hall–Kier alpha value is -1.37. The van der Waals surface area contributed by atoms with Crippen LogP contribution in [0.15, 0.2) is 12.3 Å². The largest absolute Gasteiger partial charge is 0.433 e. The van der Waals surface area contributed by atoms with E-state index < -0.39 is 18.0 Å².